The molecule has 0 aliphatic carbocycles. The SMILES string of the molecule is CCOc1cc(I)c(C(C)=O)cc1[N+](=O)[O-]. The number of ketones is 1. The fourth-order valence-electron chi connectivity index (χ4n) is 1.23. The van der Waals surface area contributed by atoms with Crippen LogP contribution in [0.3, 0.4) is 0 Å². The Morgan fingerprint density at radius 3 is 2.62 bits per heavy atom. The lowest BCUT2D eigenvalue weighted by Gasteiger charge is -2.07. The topological polar surface area (TPSA) is 69.4 Å². The zero-order valence-electron chi connectivity index (χ0n) is 8.82. The van der Waals surface area contributed by atoms with Gasteiger partial charge in [0, 0.05) is 21.3 Å². The molecule has 0 bridgehead atoms. The molecule has 86 valence electrons. The molecule has 1 rings (SSSR count). The van der Waals surface area contributed by atoms with Crippen LogP contribution in [0, 0.1) is 13.7 Å². The molecule has 0 fully saturated rings. The summed E-state index contributed by atoms with van der Waals surface area (Å²) in [5.74, 6) is -0.00236. The molecule has 6 heteroatoms. The van der Waals surface area contributed by atoms with Gasteiger partial charge >= 0.3 is 5.69 Å². The Balaban J connectivity index is 3.36. The molecule has 0 amide bonds. The van der Waals surface area contributed by atoms with E-state index in [0.717, 1.165) is 0 Å². The first-order valence-electron chi connectivity index (χ1n) is 4.59. The van der Waals surface area contributed by atoms with Gasteiger partial charge in [0.2, 0.25) is 0 Å². The maximum Gasteiger partial charge on any atom is 0.311 e. The summed E-state index contributed by atoms with van der Waals surface area (Å²) in [6, 6.07) is 2.77. The van der Waals surface area contributed by atoms with Gasteiger partial charge in [-0.3, -0.25) is 14.9 Å². The molecule has 1 aromatic carbocycles. The highest BCUT2D eigenvalue weighted by Gasteiger charge is 2.20. The summed E-state index contributed by atoms with van der Waals surface area (Å²) < 4.78 is 5.81. The van der Waals surface area contributed by atoms with Crippen LogP contribution >= 0.6 is 22.6 Å². The summed E-state index contributed by atoms with van der Waals surface area (Å²) in [7, 11) is 0. The minimum absolute atomic E-state index is 0.174. The van der Waals surface area contributed by atoms with Crippen LogP contribution in [0.2, 0.25) is 0 Å². The quantitative estimate of drug-likeness (QED) is 0.367. The van der Waals surface area contributed by atoms with Gasteiger partial charge in [-0.15, -0.1) is 0 Å². The number of nitrogens with zero attached hydrogens (tertiary/aromatic N) is 1. The number of Topliss-reactive ketones (excluding diaryl/α,β-unsaturated/α-hetero) is 1. The lowest BCUT2D eigenvalue weighted by Crippen LogP contribution is -2.02. The normalized spacial score (nSPS) is 9.94. The first-order chi connectivity index (χ1) is 7.47. The molecular weight excluding hydrogens is 325 g/mol. The van der Waals surface area contributed by atoms with Gasteiger partial charge in [-0.05, 0) is 36.4 Å². The van der Waals surface area contributed by atoms with Crippen LogP contribution in [0.25, 0.3) is 0 Å². The lowest BCUT2D eigenvalue weighted by molar-refractivity contribution is -0.385. The molecule has 0 spiro atoms. The van der Waals surface area contributed by atoms with Crippen LogP contribution < -0.4 is 4.74 Å². The molecule has 1 aromatic rings. The molecule has 0 aliphatic heterocycles. The van der Waals surface area contributed by atoms with E-state index in [1.54, 1.807) is 6.92 Å². The largest absolute Gasteiger partial charge is 0.487 e. The summed E-state index contributed by atoms with van der Waals surface area (Å²) in [4.78, 5) is 21.5. The third kappa shape index (κ3) is 2.69. The molecule has 0 atom stereocenters. The highest BCUT2D eigenvalue weighted by Crippen LogP contribution is 2.31. The third-order valence-corrected chi connectivity index (χ3v) is 2.82. The minimum atomic E-state index is -0.548. The second kappa shape index (κ2) is 5.24. The standard InChI is InChI=1S/C10H10INO4/c1-3-16-10-5-8(11)7(6(2)13)4-9(10)12(14)15/h4-5H,3H2,1-2H3. The number of ether oxygens (including phenoxy) is 1. The van der Waals surface area contributed by atoms with Gasteiger partial charge in [0.15, 0.2) is 11.5 Å². The molecule has 0 aliphatic rings. The Bertz CT molecular complexity index is 445. The average Bonchev–Trinajstić information content (AvgIpc) is 2.17. The van der Waals surface area contributed by atoms with Crippen molar-refractivity contribution in [3.05, 3.63) is 31.4 Å². The van der Waals surface area contributed by atoms with E-state index in [2.05, 4.69) is 0 Å². The summed E-state index contributed by atoms with van der Waals surface area (Å²) in [5, 5.41) is 10.8. The number of rotatable bonds is 4. The summed E-state index contributed by atoms with van der Waals surface area (Å²) in [6.45, 7) is 3.47. The van der Waals surface area contributed by atoms with E-state index in [4.69, 9.17) is 4.74 Å². The Labute approximate surface area is 106 Å². The van der Waals surface area contributed by atoms with Crippen molar-refractivity contribution in [2.45, 2.75) is 13.8 Å². The van der Waals surface area contributed by atoms with Crippen molar-refractivity contribution in [1.29, 1.82) is 0 Å². The number of benzene rings is 1. The highest BCUT2D eigenvalue weighted by atomic mass is 127. The van der Waals surface area contributed by atoms with Gasteiger partial charge in [-0.25, -0.2) is 0 Å². The van der Waals surface area contributed by atoms with Crippen molar-refractivity contribution in [1.82, 2.24) is 0 Å². The maximum atomic E-state index is 11.2. The molecule has 0 N–H and O–H groups in total. The molecule has 0 radical (unpaired) electrons. The first-order valence-corrected chi connectivity index (χ1v) is 5.67. The Kier molecular flexibility index (Phi) is 4.22. The van der Waals surface area contributed by atoms with Crippen molar-refractivity contribution in [2.75, 3.05) is 6.61 Å². The van der Waals surface area contributed by atoms with Crippen LogP contribution in [0.1, 0.15) is 24.2 Å². The monoisotopic (exact) mass is 335 g/mol. The molecule has 16 heavy (non-hydrogen) atoms. The van der Waals surface area contributed by atoms with E-state index in [1.807, 2.05) is 22.6 Å². The summed E-state index contributed by atoms with van der Waals surface area (Å²) >= 11 is 1.96. The van der Waals surface area contributed by atoms with Gasteiger partial charge in [-0.2, -0.15) is 0 Å². The number of nitro benzene ring substituents is 1. The average molecular weight is 335 g/mol. The molecule has 0 unspecified atom stereocenters. The predicted molar refractivity (Wildman–Crippen MR) is 67.0 cm³/mol. The van der Waals surface area contributed by atoms with Gasteiger partial charge < -0.3 is 4.74 Å². The van der Waals surface area contributed by atoms with Crippen LogP contribution in [0.5, 0.6) is 5.75 Å². The van der Waals surface area contributed by atoms with E-state index < -0.39 is 4.92 Å². The number of hydrogen-bond acceptors (Lipinski definition) is 4. The Morgan fingerprint density at radius 1 is 1.56 bits per heavy atom. The number of hydrogen-bond donors (Lipinski definition) is 0. The fraction of sp³-hybridized carbons (Fsp3) is 0.300. The predicted octanol–water partition coefficient (Wildman–Crippen LogP) is 2.80. The summed E-state index contributed by atoms with van der Waals surface area (Å²) in [5.41, 5.74) is 0.170. The number of carbonyl (C=O) groups excluding carboxylic acids is 1. The van der Waals surface area contributed by atoms with E-state index in [0.29, 0.717) is 15.7 Å². The molecular formula is C10H10INO4. The third-order valence-electron chi connectivity index (χ3n) is 1.92. The molecule has 0 saturated heterocycles. The highest BCUT2D eigenvalue weighted by molar-refractivity contribution is 14.1. The zero-order valence-corrected chi connectivity index (χ0v) is 11.0. The smallest absolute Gasteiger partial charge is 0.311 e. The first kappa shape index (κ1) is 12.9. The second-order valence-electron chi connectivity index (χ2n) is 3.05. The van der Waals surface area contributed by atoms with E-state index >= 15 is 0 Å². The van der Waals surface area contributed by atoms with Gasteiger partial charge in [0.1, 0.15) is 0 Å². The van der Waals surface area contributed by atoms with Crippen molar-refractivity contribution >= 4 is 34.1 Å². The zero-order chi connectivity index (χ0) is 12.3. The lowest BCUT2D eigenvalue weighted by atomic mass is 10.1. The minimum Gasteiger partial charge on any atom is -0.487 e. The van der Waals surface area contributed by atoms with Crippen molar-refractivity contribution in [2.24, 2.45) is 0 Å². The second-order valence-corrected chi connectivity index (χ2v) is 4.21. The number of halogens is 1. The number of nitro groups is 1. The summed E-state index contributed by atoms with van der Waals surface area (Å²) in [6.07, 6.45) is 0. The fourth-order valence-corrected chi connectivity index (χ4v) is 2.05. The van der Waals surface area contributed by atoms with E-state index in [9.17, 15) is 14.9 Å². The van der Waals surface area contributed by atoms with Gasteiger partial charge in [0.25, 0.3) is 0 Å². The van der Waals surface area contributed by atoms with Gasteiger partial charge in [-0.1, -0.05) is 0 Å². The van der Waals surface area contributed by atoms with Crippen LogP contribution in [0.4, 0.5) is 5.69 Å². The van der Waals surface area contributed by atoms with E-state index in [-0.39, 0.29) is 17.2 Å². The van der Waals surface area contributed by atoms with Gasteiger partial charge in [0.05, 0.1) is 11.5 Å². The molecule has 0 saturated carbocycles. The maximum absolute atomic E-state index is 11.2. The van der Waals surface area contributed by atoms with Crippen LogP contribution in [-0.4, -0.2) is 17.3 Å². The van der Waals surface area contributed by atoms with Crippen LogP contribution in [-0.2, 0) is 0 Å². The Morgan fingerprint density at radius 2 is 2.19 bits per heavy atom. The van der Waals surface area contributed by atoms with Crippen molar-refractivity contribution in [3.8, 4) is 5.75 Å². The van der Waals surface area contributed by atoms with Crippen molar-refractivity contribution in [3.63, 3.8) is 0 Å². The molecule has 0 heterocycles. The molecule has 5 nitrogen and oxygen atoms in total. The molecule has 0 aromatic heterocycles. The Hall–Kier alpha value is -1.18. The number of carbonyl (C=O) groups is 1. The van der Waals surface area contributed by atoms with Crippen molar-refractivity contribution < 1.29 is 14.5 Å². The van der Waals surface area contributed by atoms with E-state index in [1.165, 1.54) is 19.1 Å². The van der Waals surface area contributed by atoms with Crippen LogP contribution in [0.15, 0.2) is 12.1 Å².